The molecule has 0 unspecified atom stereocenters. The van der Waals surface area contributed by atoms with Crippen LogP contribution in [0.2, 0.25) is 0 Å². The summed E-state index contributed by atoms with van der Waals surface area (Å²) >= 11 is 3.16. The average Bonchev–Trinajstić information content (AvgIpc) is 2.33. The van der Waals surface area contributed by atoms with E-state index in [0.717, 1.165) is 0 Å². The Kier molecular flexibility index (Phi) is 2.44. The predicted octanol–water partition coefficient (Wildman–Crippen LogP) is 1.70. The number of nitrogens with zero attached hydrogens (tertiary/aromatic N) is 3. The molecule has 0 aromatic carbocycles. The van der Waals surface area contributed by atoms with E-state index in [2.05, 4.69) is 27.5 Å². The molecular weight excluding hydrogens is 206 g/mol. The third-order valence-corrected chi connectivity index (χ3v) is 1.81. The molecule has 0 saturated carbocycles. The lowest BCUT2D eigenvalue weighted by atomic mass is 10.5. The van der Waals surface area contributed by atoms with Crippen molar-refractivity contribution >= 4 is 15.9 Å². The van der Waals surface area contributed by atoms with Crippen molar-refractivity contribution in [1.82, 2.24) is 9.55 Å². The molecular formula is C7H6BrN3. The zero-order valence-corrected chi connectivity index (χ0v) is 7.37. The summed E-state index contributed by atoms with van der Waals surface area (Å²) in [6.45, 7) is 4.18. The highest BCUT2D eigenvalue weighted by molar-refractivity contribution is 9.10. The zero-order valence-electron chi connectivity index (χ0n) is 5.79. The fourth-order valence-corrected chi connectivity index (χ4v) is 1.15. The SMILES string of the molecule is C=CCn1cnc(Br)c1C#N. The highest BCUT2D eigenvalue weighted by Crippen LogP contribution is 2.12. The Morgan fingerprint density at radius 1 is 1.91 bits per heavy atom. The first-order chi connectivity index (χ1) is 5.29. The molecule has 3 nitrogen and oxygen atoms in total. The lowest BCUT2D eigenvalue weighted by molar-refractivity contribution is 0.808. The maximum atomic E-state index is 8.64. The number of hydrogen-bond acceptors (Lipinski definition) is 2. The molecule has 0 bridgehead atoms. The van der Waals surface area contributed by atoms with Crippen LogP contribution in [-0.4, -0.2) is 9.55 Å². The van der Waals surface area contributed by atoms with Crippen molar-refractivity contribution in [1.29, 1.82) is 5.26 Å². The first-order valence-electron chi connectivity index (χ1n) is 3.01. The van der Waals surface area contributed by atoms with Gasteiger partial charge in [0.2, 0.25) is 0 Å². The van der Waals surface area contributed by atoms with Crippen molar-refractivity contribution in [2.75, 3.05) is 0 Å². The van der Waals surface area contributed by atoms with Gasteiger partial charge >= 0.3 is 0 Å². The molecule has 1 aromatic heterocycles. The van der Waals surface area contributed by atoms with Crippen LogP contribution in [0.4, 0.5) is 0 Å². The van der Waals surface area contributed by atoms with Crippen LogP contribution in [0.1, 0.15) is 5.69 Å². The average molecular weight is 212 g/mol. The summed E-state index contributed by atoms with van der Waals surface area (Å²) in [6.07, 6.45) is 3.32. The Morgan fingerprint density at radius 2 is 2.64 bits per heavy atom. The number of imidazole rings is 1. The number of allylic oxidation sites excluding steroid dienone is 1. The molecule has 0 spiro atoms. The summed E-state index contributed by atoms with van der Waals surface area (Å²) in [7, 11) is 0. The van der Waals surface area contributed by atoms with Crippen LogP contribution in [0.5, 0.6) is 0 Å². The molecule has 0 aliphatic heterocycles. The van der Waals surface area contributed by atoms with Crippen LogP contribution in [0.3, 0.4) is 0 Å². The monoisotopic (exact) mass is 211 g/mol. The normalized spacial score (nSPS) is 9.09. The Hall–Kier alpha value is -1.08. The highest BCUT2D eigenvalue weighted by Gasteiger charge is 2.04. The summed E-state index contributed by atoms with van der Waals surface area (Å²) in [4.78, 5) is 3.92. The van der Waals surface area contributed by atoms with Gasteiger partial charge in [-0.2, -0.15) is 5.26 Å². The smallest absolute Gasteiger partial charge is 0.154 e. The first-order valence-corrected chi connectivity index (χ1v) is 3.80. The van der Waals surface area contributed by atoms with E-state index in [0.29, 0.717) is 16.8 Å². The van der Waals surface area contributed by atoms with E-state index in [9.17, 15) is 0 Å². The molecule has 0 atom stereocenters. The van der Waals surface area contributed by atoms with Crippen molar-refractivity contribution < 1.29 is 0 Å². The molecule has 0 amide bonds. The largest absolute Gasteiger partial charge is 0.318 e. The van der Waals surface area contributed by atoms with Gasteiger partial charge in [-0.1, -0.05) is 6.08 Å². The molecule has 0 N–H and O–H groups in total. The van der Waals surface area contributed by atoms with Crippen LogP contribution in [0.25, 0.3) is 0 Å². The summed E-state index contributed by atoms with van der Waals surface area (Å²) in [5, 5.41) is 8.64. The van der Waals surface area contributed by atoms with E-state index in [-0.39, 0.29) is 0 Å². The minimum absolute atomic E-state index is 0.532. The summed E-state index contributed by atoms with van der Waals surface area (Å²) < 4.78 is 2.30. The lowest BCUT2D eigenvalue weighted by Crippen LogP contribution is -1.95. The second kappa shape index (κ2) is 3.35. The number of hydrogen-bond donors (Lipinski definition) is 0. The van der Waals surface area contributed by atoms with E-state index in [4.69, 9.17) is 5.26 Å². The lowest BCUT2D eigenvalue weighted by Gasteiger charge is -1.95. The van der Waals surface area contributed by atoms with Gasteiger partial charge in [-0.3, -0.25) is 0 Å². The molecule has 56 valence electrons. The van der Waals surface area contributed by atoms with Gasteiger partial charge < -0.3 is 4.57 Å². The maximum absolute atomic E-state index is 8.64. The molecule has 0 radical (unpaired) electrons. The van der Waals surface area contributed by atoms with Gasteiger partial charge in [-0.05, 0) is 15.9 Å². The molecule has 0 aliphatic carbocycles. The Morgan fingerprint density at radius 3 is 3.18 bits per heavy atom. The predicted molar refractivity (Wildman–Crippen MR) is 44.8 cm³/mol. The summed E-state index contributed by atoms with van der Waals surface area (Å²) in [5.41, 5.74) is 0.532. The van der Waals surface area contributed by atoms with Crippen LogP contribution in [0.15, 0.2) is 23.6 Å². The minimum atomic E-state index is 0.532. The van der Waals surface area contributed by atoms with Crippen molar-refractivity contribution in [2.24, 2.45) is 0 Å². The quantitative estimate of drug-likeness (QED) is 0.700. The first kappa shape index (κ1) is 8.02. The Labute approximate surface area is 73.1 Å². The number of halogens is 1. The summed E-state index contributed by atoms with van der Waals surface area (Å²) in [6, 6.07) is 2.03. The molecule has 1 rings (SSSR count). The van der Waals surface area contributed by atoms with Gasteiger partial charge in [0, 0.05) is 6.54 Å². The van der Waals surface area contributed by atoms with E-state index in [1.807, 2.05) is 6.07 Å². The maximum Gasteiger partial charge on any atom is 0.154 e. The van der Waals surface area contributed by atoms with Crippen molar-refractivity contribution in [3.05, 3.63) is 29.3 Å². The molecule has 0 aliphatic rings. The van der Waals surface area contributed by atoms with E-state index >= 15 is 0 Å². The number of rotatable bonds is 2. The van der Waals surface area contributed by atoms with Gasteiger partial charge in [0.05, 0.1) is 6.33 Å². The van der Waals surface area contributed by atoms with E-state index < -0.39 is 0 Å². The van der Waals surface area contributed by atoms with Crippen molar-refractivity contribution in [3.63, 3.8) is 0 Å². The van der Waals surface area contributed by atoms with E-state index in [1.54, 1.807) is 17.0 Å². The van der Waals surface area contributed by atoms with Gasteiger partial charge in [-0.15, -0.1) is 6.58 Å². The Balaban J connectivity index is 3.07. The fraction of sp³-hybridized carbons (Fsp3) is 0.143. The van der Waals surface area contributed by atoms with Gasteiger partial charge in [0.1, 0.15) is 10.7 Å². The van der Waals surface area contributed by atoms with Gasteiger partial charge in [0.25, 0.3) is 0 Å². The number of nitriles is 1. The molecule has 0 fully saturated rings. The van der Waals surface area contributed by atoms with Crippen LogP contribution in [-0.2, 0) is 6.54 Å². The molecule has 11 heavy (non-hydrogen) atoms. The third-order valence-electron chi connectivity index (χ3n) is 1.22. The molecule has 1 heterocycles. The topological polar surface area (TPSA) is 41.6 Å². The molecule has 4 heteroatoms. The van der Waals surface area contributed by atoms with Crippen LogP contribution in [0, 0.1) is 11.3 Å². The Bertz CT molecular complexity index is 308. The molecule has 1 aromatic rings. The number of aromatic nitrogens is 2. The van der Waals surface area contributed by atoms with Gasteiger partial charge in [0.15, 0.2) is 5.69 Å². The van der Waals surface area contributed by atoms with Crippen LogP contribution < -0.4 is 0 Å². The van der Waals surface area contributed by atoms with E-state index in [1.165, 1.54) is 0 Å². The second-order valence-electron chi connectivity index (χ2n) is 1.94. The van der Waals surface area contributed by atoms with Crippen molar-refractivity contribution in [2.45, 2.75) is 6.54 Å². The van der Waals surface area contributed by atoms with Crippen molar-refractivity contribution in [3.8, 4) is 6.07 Å². The summed E-state index contributed by atoms with van der Waals surface area (Å²) in [5.74, 6) is 0. The third kappa shape index (κ3) is 1.49. The standard InChI is InChI=1S/C7H6BrN3/c1-2-3-11-5-10-7(8)6(11)4-9/h2,5H,1,3H2. The van der Waals surface area contributed by atoms with Crippen LogP contribution >= 0.6 is 15.9 Å². The zero-order chi connectivity index (χ0) is 8.27. The second-order valence-corrected chi connectivity index (χ2v) is 2.69. The highest BCUT2D eigenvalue weighted by atomic mass is 79.9. The molecule has 0 saturated heterocycles. The van der Waals surface area contributed by atoms with Gasteiger partial charge in [-0.25, -0.2) is 4.98 Å². The minimum Gasteiger partial charge on any atom is -0.318 e. The fourth-order valence-electron chi connectivity index (χ4n) is 0.746.